The van der Waals surface area contributed by atoms with Gasteiger partial charge in [0.2, 0.25) is 0 Å². The summed E-state index contributed by atoms with van der Waals surface area (Å²) in [6, 6.07) is 5.85. The normalized spacial score (nSPS) is 10.1. The molecular formula is C16H13F3N2O4. The lowest BCUT2D eigenvalue weighted by Crippen LogP contribution is -2.29. The maximum atomic E-state index is 13.5. The van der Waals surface area contributed by atoms with Gasteiger partial charge in [0, 0.05) is 6.07 Å². The fraction of sp³-hybridized carbons (Fsp3) is 0.125. The number of rotatable bonds is 4. The fourth-order valence-electron chi connectivity index (χ4n) is 1.88. The zero-order valence-electron chi connectivity index (χ0n) is 13.2. The number of carbonyl (C=O) groups excluding carboxylic acids is 2. The van der Waals surface area contributed by atoms with Crippen LogP contribution >= 0.6 is 0 Å². The zero-order valence-corrected chi connectivity index (χ0v) is 13.2. The number of amides is 2. The number of hydrogen-bond donors (Lipinski definition) is 2. The molecule has 0 unspecified atom stereocenters. The van der Waals surface area contributed by atoms with E-state index in [1.165, 1.54) is 32.4 Å². The predicted octanol–water partition coefficient (Wildman–Crippen LogP) is 2.70. The SMILES string of the molecule is COc1ccc(NC(=O)C(=O)Nc2ccc(F)c(F)c2F)c(OC)c1. The minimum absolute atomic E-state index is 0.161. The van der Waals surface area contributed by atoms with Crippen LogP contribution in [-0.2, 0) is 9.59 Å². The summed E-state index contributed by atoms with van der Waals surface area (Å²) in [7, 11) is 2.79. The van der Waals surface area contributed by atoms with Crippen molar-refractivity contribution in [2.24, 2.45) is 0 Å². The van der Waals surface area contributed by atoms with Crippen LogP contribution in [0, 0.1) is 17.5 Å². The number of hydrogen-bond acceptors (Lipinski definition) is 4. The van der Waals surface area contributed by atoms with Gasteiger partial charge in [-0.25, -0.2) is 13.2 Å². The smallest absolute Gasteiger partial charge is 0.314 e. The average molecular weight is 354 g/mol. The number of methoxy groups -OCH3 is 2. The van der Waals surface area contributed by atoms with Crippen molar-refractivity contribution in [3.8, 4) is 11.5 Å². The summed E-state index contributed by atoms with van der Waals surface area (Å²) in [6.07, 6.45) is 0. The molecule has 0 fully saturated rings. The van der Waals surface area contributed by atoms with E-state index in [2.05, 4.69) is 5.32 Å². The van der Waals surface area contributed by atoms with Crippen LogP contribution in [0.1, 0.15) is 0 Å². The van der Waals surface area contributed by atoms with Crippen molar-refractivity contribution in [1.29, 1.82) is 0 Å². The van der Waals surface area contributed by atoms with Crippen molar-refractivity contribution in [2.75, 3.05) is 24.9 Å². The molecule has 6 nitrogen and oxygen atoms in total. The molecule has 2 aromatic rings. The molecule has 0 spiro atoms. The third kappa shape index (κ3) is 4.00. The van der Waals surface area contributed by atoms with E-state index in [1.807, 2.05) is 5.32 Å². The Bertz CT molecular complexity index is 827. The number of benzene rings is 2. The highest BCUT2D eigenvalue weighted by Gasteiger charge is 2.20. The van der Waals surface area contributed by atoms with Gasteiger partial charge in [-0.05, 0) is 24.3 Å². The highest BCUT2D eigenvalue weighted by molar-refractivity contribution is 6.43. The van der Waals surface area contributed by atoms with E-state index in [4.69, 9.17) is 9.47 Å². The molecule has 0 saturated carbocycles. The molecule has 0 radical (unpaired) electrons. The molecule has 0 aliphatic heterocycles. The molecule has 2 aromatic carbocycles. The highest BCUT2D eigenvalue weighted by Crippen LogP contribution is 2.29. The number of anilines is 2. The molecule has 0 heterocycles. The molecule has 2 rings (SSSR count). The van der Waals surface area contributed by atoms with Crippen LogP contribution in [0.3, 0.4) is 0 Å². The first kappa shape index (κ1) is 18.1. The summed E-state index contributed by atoms with van der Waals surface area (Å²) in [4.78, 5) is 23.7. The van der Waals surface area contributed by atoms with Gasteiger partial charge in [0.15, 0.2) is 17.5 Å². The first-order valence-electron chi connectivity index (χ1n) is 6.85. The average Bonchev–Trinajstić information content (AvgIpc) is 2.62. The second-order valence-corrected chi connectivity index (χ2v) is 4.70. The Balaban J connectivity index is 2.14. The maximum Gasteiger partial charge on any atom is 0.314 e. The van der Waals surface area contributed by atoms with Crippen LogP contribution in [0.25, 0.3) is 0 Å². The highest BCUT2D eigenvalue weighted by atomic mass is 19.2. The van der Waals surface area contributed by atoms with Gasteiger partial charge in [-0.15, -0.1) is 0 Å². The molecule has 0 aromatic heterocycles. The van der Waals surface area contributed by atoms with E-state index in [9.17, 15) is 22.8 Å². The van der Waals surface area contributed by atoms with E-state index in [-0.39, 0.29) is 11.4 Å². The fourth-order valence-corrected chi connectivity index (χ4v) is 1.88. The Morgan fingerprint density at radius 2 is 1.44 bits per heavy atom. The minimum Gasteiger partial charge on any atom is -0.497 e. The van der Waals surface area contributed by atoms with Crippen LogP contribution < -0.4 is 20.1 Å². The third-order valence-electron chi connectivity index (χ3n) is 3.15. The first-order chi connectivity index (χ1) is 11.9. The molecular weight excluding hydrogens is 341 g/mol. The second kappa shape index (κ2) is 7.56. The molecule has 2 N–H and O–H groups in total. The Morgan fingerprint density at radius 3 is 2.04 bits per heavy atom. The van der Waals surface area contributed by atoms with Gasteiger partial charge < -0.3 is 20.1 Å². The van der Waals surface area contributed by atoms with Crippen LogP contribution in [0.15, 0.2) is 30.3 Å². The summed E-state index contributed by atoms with van der Waals surface area (Å²) >= 11 is 0. The molecule has 9 heteroatoms. The van der Waals surface area contributed by atoms with Crippen molar-refractivity contribution in [3.05, 3.63) is 47.8 Å². The van der Waals surface area contributed by atoms with Gasteiger partial charge in [0.25, 0.3) is 0 Å². The van der Waals surface area contributed by atoms with E-state index in [1.54, 1.807) is 0 Å². The lowest BCUT2D eigenvalue weighted by Gasteiger charge is -2.12. The lowest BCUT2D eigenvalue weighted by molar-refractivity contribution is -0.133. The van der Waals surface area contributed by atoms with Crippen molar-refractivity contribution >= 4 is 23.2 Å². The summed E-state index contributed by atoms with van der Waals surface area (Å²) in [5, 5.41) is 4.12. The van der Waals surface area contributed by atoms with Gasteiger partial charge >= 0.3 is 11.8 Å². The topological polar surface area (TPSA) is 76.7 Å². The van der Waals surface area contributed by atoms with E-state index >= 15 is 0 Å². The predicted molar refractivity (Wildman–Crippen MR) is 83.1 cm³/mol. The Morgan fingerprint density at radius 1 is 0.840 bits per heavy atom. The van der Waals surface area contributed by atoms with E-state index < -0.39 is 35.0 Å². The van der Waals surface area contributed by atoms with Gasteiger partial charge in [-0.2, -0.15) is 0 Å². The zero-order chi connectivity index (χ0) is 18.6. The van der Waals surface area contributed by atoms with Crippen LogP contribution in [-0.4, -0.2) is 26.0 Å². The number of carbonyl (C=O) groups is 2. The Hall–Kier alpha value is -3.23. The van der Waals surface area contributed by atoms with Crippen molar-refractivity contribution in [2.45, 2.75) is 0 Å². The first-order valence-corrected chi connectivity index (χ1v) is 6.85. The van der Waals surface area contributed by atoms with Gasteiger partial charge in [-0.1, -0.05) is 0 Å². The standard InChI is InChI=1S/C16H13F3N2O4/c1-24-8-3-5-10(12(7-8)25-2)20-15(22)16(23)21-11-6-4-9(17)13(18)14(11)19/h3-7H,1-2H3,(H,20,22)(H,21,23). The van der Waals surface area contributed by atoms with E-state index in [0.29, 0.717) is 11.8 Å². The molecule has 25 heavy (non-hydrogen) atoms. The molecule has 0 bridgehead atoms. The van der Waals surface area contributed by atoms with Crippen molar-refractivity contribution in [3.63, 3.8) is 0 Å². The Kier molecular flexibility index (Phi) is 5.48. The quantitative estimate of drug-likeness (QED) is 0.654. The van der Waals surface area contributed by atoms with Gasteiger partial charge in [0.1, 0.15) is 11.5 Å². The summed E-state index contributed by atoms with van der Waals surface area (Å²) in [6.45, 7) is 0. The van der Waals surface area contributed by atoms with Gasteiger partial charge in [0.05, 0.1) is 25.6 Å². The number of ether oxygens (including phenoxy) is 2. The van der Waals surface area contributed by atoms with Crippen LogP contribution in [0.5, 0.6) is 11.5 Å². The minimum atomic E-state index is -1.75. The monoisotopic (exact) mass is 354 g/mol. The van der Waals surface area contributed by atoms with Crippen molar-refractivity contribution in [1.82, 2.24) is 0 Å². The summed E-state index contributed by atoms with van der Waals surface area (Å²) in [5.41, 5.74) is -0.505. The van der Waals surface area contributed by atoms with Crippen LogP contribution in [0.4, 0.5) is 24.5 Å². The largest absolute Gasteiger partial charge is 0.497 e. The maximum absolute atomic E-state index is 13.5. The molecule has 0 aliphatic rings. The summed E-state index contributed by atoms with van der Waals surface area (Å²) < 4.78 is 49.6. The van der Waals surface area contributed by atoms with Crippen LogP contribution in [0.2, 0.25) is 0 Å². The molecule has 2 amide bonds. The third-order valence-corrected chi connectivity index (χ3v) is 3.15. The second-order valence-electron chi connectivity index (χ2n) is 4.70. The lowest BCUT2D eigenvalue weighted by atomic mass is 10.2. The number of nitrogens with one attached hydrogen (secondary N) is 2. The molecule has 0 atom stereocenters. The molecule has 0 saturated heterocycles. The molecule has 0 aliphatic carbocycles. The van der Waals surface area contributed by atoms with Crippen molar-refractivity contribution < 1.29 is 32.2 Å². The number of halogens is 3. The Labute approximate surface area is 140 Å². The van der Waals surface area contributed by atoms with Gasteiger partial charge in [-0.3, -0.25) is 9.59 Å². The van der Waals surface area contributed by atoms with E-state index in [0.717, 1.165) is 6.07 Å². The molecule has 132 valence electrons. The summed E-state index contributed by atoms with van der Waals surface area (Å²) in [5.74, 6) is -6.53.